The summed E-state index contributed by atoms with van der Waals surface area (Å²) in [5, 5.41) is 8.85. The lowest BCUT2D eigenvalue weighted by atomic mass is 10.2. The lowest BCUT2D eigenvalue weighted by Crippen LogP contribution is -2.16. The third-order valence-electron chi connectivity index (χ3n) is 2.91. The summed E-state index contributed by atoms with van der Waals surface area (Å²) in [5.74, 6) is -1.01. The van der Waals surface area contributed by atoms with Crippen LogP contribution in [0.3, 0.4) is 0 Å². The molecule has 0 bridgehead atoms. The maximum Gasteiger partial charge on any atom is 0.354 e. The number of pyridine rings is 1. The Morgan fingerprint density at radius 1 is 1.26 bits per heavy atom. The number of carbonyl (C=O) groups is 1. The molecule has 0 aliphatic rings. The maximum absolute atomic E-state index is 10.8. The fourth-order valence-electron chi connectivity index (χ4n) is 1.98. The molecule has 0 fully saturated rings. The number of hydrogen-bond donors (Lipinski definition) is 1. The monoisotopic (exact) mass is 256 g/mol. The second kappa shape index (κ2) is 5.52. The van der Waals surface area contributed by atoms with E-state index < -0.39 is 5.97 Å². The normalized spacial score (nSPS) is 10.2. The lowest BCUT2D eigenvalue weighted by molar-refractivity contribution is 0.0690. The molecule has 0 aliphatic heterocycles. The van der Waals surface area contributed by atoms with Crippen molar-refractivity contribution in [2.24, 2.45) is 0 Å². The second-order valence-corrected chi connectivity index (χ2v) is 4.29. The van der Waals surface area contributed by atoms with Crippen molar-refractivity contribution in [1.82, 2.24) is 4.98 Å². The molecule has 0 saturated carbocycles. The van der Waals surface area contributed by atoms with Crippen LogP contribution in [0, 0.1) is 6.92 Å². The molecule has 19 heavy (non-hydrogen) atoms. The molecule has 0 saturated heterocycles. The van der Waals surface area contributed by atoms with Gasteiger partial charge in [0.25, 0.3) is 0 Å². The van der Waals surface area contributed by atoms with Crippen molar-refractivity contribution >= 4 is 17.3 Å². The molecule has 4 heteroatoms. The van der Waals surface area contributed by atoms with Gasteiger partial charge in [-0.15, -0.1) is 0 Å². The molecule has 1 heterocycles. The number of aryl methyl sites for hydroxylation is 1. The molecule has 0 atom stereocenters. The molecule has 1 N–H and O–H groups in total. The van der Waals surface area contributed by atoms with Crippen molar-refractivity contribution < 1.29 is 9.90 Å². The van der Waals surface area contributed by atoms with Gasteiger partial charge in [0.05, 0.1) is 11.9 Å². The van der Waals surface area contributed by atoms with E-state index in [1.54, 1.807) is 12.3 Å². The fraction of sp³-hybridized carbons (Fsp3) is 0.200. The summed E-state index contributed by atoms with van der Waals surface area (Å²) in [4.78, 5) is 16.8. The molecule has 0 aliphatic carbocycles. The molecule has 1 aromatic carbocycles. The standard InChI is InChI=1S/C15H16N2O2/c1-3-17(12-6-4-5-11(2)9-12)13-7-8-14(15(18)19)16-10-13/h4-10H,3H2,1-2H3,(H,18,19). The Kier molecular flexibility index (Phi) is 3.80. The molecule has 1 aromatic heterocycles. The molecule has 4 nitrogen and oxygen atoms in total. The summed E-state index contributed by atoms with van der Waals surface area (Å²) in [5.41, 5.74) is 3.21. The fourth-order valence-corrected chi connectivity index (χ4v) is 1.98. The summed E-state index contributed by atoms with van der Waals surface area (Å²) in [7, 11) is 0. The summed E-state index contributed by atoms with van der Waals surface area (Å²) in [6, 6.07) is 11.5. The van der Waals surface area contributed by atoms with Gasteiger partial charge in [-0.2, -0.15) is 0 Å². The van der Waals surface area contributed by atoms with E-state index in [-0.39, 0.29) is 5.69 Å². The SMILES string of the molecule is CCN(c1ccc(C(=O)O)nc1)c1cccc(C)c1. The van der Waals surface area contributed by atoms with E-state index in [0.717, 1.165) is 17.9 Å². The van der Waals surface area contributed by atoms with E-state index in [1.807, 2.05) is 32.0 Å². The first-order chi connectivity index (χ1) is 9.11. The van der Waals surface area contributed by atoms with Crippen LogP contribution in [0.2, 0.25) is 0 Å². The van der Waals surface area contributed by atoms with Gasteiger partial charge in [-0.05, 0) is 43.7 Å². The van der Waals surface area contributed by atoms with Crippen molar-refractivity contribution in [2.75, 3.05) is 11.4 Å². The van der Waals surface area contributed by atoms with Gasteiger partial charge in [-0.25, -0.2) is 9.78 Å². The summed E-state index contributed by atoms with van der Waals surface area (Å²) >= 11 is 0. The number of benzene rings is 1. The van der Waals surface area contributed by atoms with E-state index in [1.165, 1.54) is 11.6 Å². The Morgan fingerprint density at radius 2 is 2.05 bits per heavy atom. The minimum Gasteiger partial charge on any atom is -0.477 e. The largest absolute Gasteiger partial charge is 0.477 e. The zero-order valence-corrected chi connectivity index (χ0v) is 11.0. The second-order valence-electron chi connectivity index (χ2n) is 4.29. The molecule has 0 radical (unpaired) electrons. The predicted octanol–water partition coefficient (Wildman–Crippen LogP) is 3.25. The Labute approximate surface area is 112 Å². The van der Waals surface area contributed by atoms with E-state index in [4.69, 9.17) is 5.11 Å². The molecule has 2 rings (SSSR count). The number of rotatable bonds is 4. The maximum atomic E-state index is 10.8. The molecule has 0 unspecified atom stereocenters. The van der Waals surface area contributed by atoms with Crippen LogP contribution in [0.15, 0.2) is 42.6 Å². The van der Waals surface area contributed by atoms with Crippen molar-refractivity contribution in [3.05, 3.63) is 53.9 Å². The zero-order chi connectivity index (χ0) is 13.8. The Balaban J connectivity index is 2.34. The number of carboxylic acids is 1. The minimum absolute atomic E-state index is 0.0593. The summed E-state index contributed by atoms with van der Waals surface area (Å²) in [6.45, 7) is 4.88. The third kappa shape index (κ3) is 2.91. The van der Waals surface area contributed by atoms with Crippen LogP contribution in [0.5, 0.6) is 0 Å². The van der Waals surface area contributed by atoms with Crippen LogP contribution in [0.25, 0.3) is 0 Å². The first-order valence-electron chi connectivity index (χ1n) is 6.15. The Hall–Kier alpha value is -2.36. The highest BCUT2D eigenvalue weighted by Crippen LogP contribution is 2.25. The first kappa shape index (κ1) is 13.1. The van der Waals surface area contributed by atoms with Gasteiger partial charge >= 0.3 is 5.97 Å². The number of aromatic nitrogens is 1. The first-order valence-corrected chi connectivity index (χ1v) is 6.15. The van der Waals surface area contributed by atoms with Crippen LogP contribution in [0.1, 0.15) is 23.0 Å². The predicted molar refractivity (Wildman–Crippen MR) is 75.1 cm³/mol. The smallest absolute Gasteiger partial charge is 0.354 e. The van der Waals surface area contributed by atoms with E-state index >= 15 is 0 Å². The zero-order valence-electron chi connectivity index (χ0n) is 11.0. The Bertz CT molecular complexity index is 579. The lowest BCUT2D eigenvalue weighted by Gasteiger charge is -2.23. The Morgan fingerprint density at radius 3 is 2.58 bits per heavy atom. The van der Waals surface area contributed by atoms with Gasteiger partial charge in [-0.3, -0.25) is 0 Å². The molecular weight excluding hydrogens is 240 g/mol. The highest BCUT2D eigenvalue weighted by molar-refractivity contribution is 5.85. The van der Waals surface area contributed by atoms with Crippen molar-refractivity contribution in [1.29, 1.82) is 0 Å². The molecule has 98 valence electrons. The minimum atomic E-state index is -1.01. The quantitative estimate of drug-likeness (QED) is 0.912. The van der Waals surface area contributed by atoms with Gasteiger partial charge in [0.1, 0.15) is 5.69 Å². The number of aromatic carboxylic acids is 1. The van der Waals surface area contributed by atoms with Gasteiger partial charge in [0, 0.05) is 12.2 Å². The van der Waals surface area contributed by atoms with Crippen LogP contribution in [0.4, 0.5) is 11.4 Å². The number of nitrogens with zero attached hydrogens (tertiary/aromatic N) is 2. The highest BCUT2D eigenvalue weighted by atomic mass is 16.4. The van der Waals surface area contributed by atoms with E-state index in [9.17, 15) is 4.79 Å². The molecule has 0 amide bonds. The third-order valence-corrected chi connectivity index (χ3v) is 2.91. The van der Waals surface area contributed by atoms with Crippen molar-refractivity contribution in [2.45, 2.75) is 13.8 Å². The average molecular weight is 256 g/mol. The highest BCUT2D eigenvalue weighted by Gasteiger charge is 2.09. The van der Waals surface area contributed by atoms with Gasteiger partial charge in [0.15, 0.2) is 0 Å². The molecule has 0 spiro atoms. The van der Waals surface area contributed by atoms with Crippen LogP contribution >= 0.6 is 0 Å². The molecule has 2 aromatic rings. The van der Waals surface area contributed by atoms with E-state index in [2.05, 4.69) is 16.0 Å². The number of hydrogen-bond acceptors (Lipinski definition) is 3. The van der Waals surface area contributed by atoms with Crippen molar-refractivity contribution in [3.63, 3.8) is 0 Å². The topological polar surface area (TPSA) is 53.4 Å². The van der Waals surface area contributed by atoms with Crippen LogP contribution in [-0.4, -0.2) is 22.6 Å². The van der Waals surface area contributed by atoms with Gasteiger partial charge in [0.2, 0.25) is 0 Å². The summed E-state index contributed by atoms with van der Waals surface area (Å²) in [6.07, 6.45) is 1.59. The summed E-state index contributed by atoms with van der Waals surface area (Å²) < 4.78 is 0. The van der Waals surface area contributed by atoms with Crippen molar-refractivity contribution in [3.8, 4) is 0 Å². The molecular formula is C15H16N2O2. The van der Waals surface area contributed by atoms with Crippen LogP contribution in [-0.2, 0) is 0 Å². The van der Waals surface area contributed by atoms with Gasteiger partial charge < -0.3 is 10.0 Å². The number of carboxylic acid groups (broad SMARTS) is 1. The van der Waals surface area contributed by atoms with E-state index in [0.29, 0.717) is 0 Å². The van der Waals surface area contributed by atoms with Crippen LogP contribution < -0.4 is 4.90 Å². The van der Waals surface area contributed by atoms with Gasteiger partial charge in [-0.1, -0.05) is 12.1 Å². The average Bonchev–Trinajstić information content (AvgIpc) is 2.40. The number of anilines is 2.